The predicted octanol–water partition coefficient (Wildman–Crippen LogP) is 4.16. The minimum absolute atomic E-state index is 0.0335. The fraction of sp³-hybridized carbons (Fsp3) is 0.316. The highest BCUT2D eigenvalue weighted by molar-refractivity contribution is 7.89. The second kappa shape index (κ2) is 8.83. The Labute approximate surface area is 176 Å². The van der Waals surface area contributed by atoms with Crippen LogP contribution in [0.15, 0.2) is 47.4 Å². The first-order valence-electron chi connectivity index (χ1n) is 8.97. The third kappa shape index (κ3) is 5.24. The number of sulfonamides is 1. The summed E-state index contributed by atoms with van der Waals surface area (Å²) >= 11 is 5.95. The SMILES string of the molecule is O=C(COc1ccc(Cl)cc1S(=O)(=O)N1CCCC1)Nc1ccc(C(F)(F)F)cc1. The topological polar surface area (TPSA) is 75.7 Å². The minimum atomic E-state index is -4.47. The molecule has 1 heterocycles. The molecule has 0 aliphatic carbocycles. The molecule has 0 spiro atoms. The lowest BCUT2D eigenvalue weighted by atomic mass is 10.2. The average molecular weight is 463 g/mol. The number of anilines is 1. The summed E-state index contributed by atoms with van der Waals surface area (Å²) in [5.74, 6) is -0.692. The largest absolute Gasteiger partial charge is 0.482 e. The Morgan fingerprint density at radius 1 is 1.10 bits per heavy atom. The van der Waals surface area contributed by atoms with Crippen molar-refractivity contribution in [3.05, 3.63) is 53.1 Å². The van der Waals surface area contributed by atoms with Crippen molar-refractivity contribution < 1.29 is 31.1 Å². The fourth-order valence-corrected chi connectivity index (χ4v) is 4.86. The van der Waals surface area contributed by atoms with E-state index in [1.54, 1.807) is 0 Å². The van der Waals surface area contributed by atoms with Crippen LogP contribution in [0.5, 0.6) is 5.75 Å². The number of benzene rings is 2. The number of amides is 1. The number of nitrogens with one attached hydrogen (secondary N) is 1. The second-order valence-corrected chi connectivity index (χ2v) is 8.96. The lowest BCUT2D eigenvalue weighted by Crippen LogP contribution is -2.28. The van der Waals surface area contributed by atoms with Crippen LogP contribution in [0.2, 0.25) is 5.02 Å². The molecule has 0 atom stereocenters. The summed E-state index contributed by atoms with van der Waals surface area (Å²) in [4.78, 5) is 12.0. The molecule has 1 aliphatic rings. The molecule has 6 nitrogen and oxygen atoms in total. The molecule has 11 heteroatoms. The van der Waals surface area contributed by atoms with Gasteiger partial charge < -0.3 is 10.1 Å². The normalized spacial score (nSPS) is 15.2. The van der Waals surface area contributed by atoms with E-state index in [-0.39, 0.29) is 21.4 Å². The monoisotopic (exact) mass is 462 g/mol. The molecule has 30 heavy (non-hydrogen) atoms. The van der Waals surface area contributed by atoms with Crippen LogP contribution in [-0.2, 0) is 21.0 Å². The van der Waals surface area contributed by atoms with Crippen LogP contribution in [0.3, 0.4) is 0 Å². The number of rotatable bonds is 6. The number of carbonyl (C=O) groups excluding carboxylic acids is 1. The molecule has 162 valence electrons. The van der Waals surface area contributed by atoms with Crippen molar-refractivity contribution in [2.45, 2.75) is 23.9 Å². The van der Waals surface area contributed by atoms with Gasteiger partial charge in [-0.05, 0) is 55.3 Å². The highest BCUT2D eigenvalue weighted by Crippen LogP contribution is 2.32. The summed E-state index contributed by atoms with van der Waals surface area (Å²) in [6, 6.07) is 7.98. The van der Waals surface area contributed by atoms with Gasteiger partial charge in [0.15, 0.2) is 6.61 Å². The Balaban J connectivity index is 1.69. The Hall–Kier alpha value is -2.30. The van der Waals surface area contributed by atoms with E-state index in [2.05, 4.69) is 5.32 Å². The Morgan fingerprint density at radius 2 is 1.73 bits per heavy atom. The van der Waals surface area contributed by atoms with Crippen LogP contribution in [0.4, 0.5) is 18.9 Å². The smallest absolute Gasteiger partial charge is 0.416 e. The summed E-state index contributed by atoms with van der Waals surface area (Å²) in [7, 11) is -3.83. The van der Waals surface area contributed by atoms with Gasteiger partial charge in [0.05, 0.1) is 5.56 Å². The van der Waals surface area contributed by atoms with Gasteiger partial charge in [-0.1, -0.05) is 11.6 Å². The van der Waals surface area contributed by atoms with Gasteiger partial charge in [-0.2, -0.15) is 17.5 Å². The van der Waals surface area contributed by atoms with Gasteiger partial charge in [-0.3, -0.25) is 4.79 Å². The van der Waals surface area contributed by atoms with Crippen LogP contribution < -0.4 is 10.1 Å². The molecule has 1 aliphatic heterocycles. The molecule has 1 amide bonds. The van der Waals surface area contributed by atoms with Gasteiger partial charge in [0.2, 0.25) is 10.0 Å². The zero-order valence-corrected chi connectivity index (χ0v) is 17.1. The van der Waals surface area contributed by atoms with Crippen LogP contribution >= 0.6 is 11.6 Å². The molecular weight excluding hydrogens is 445 g/mol. The summed E-state index contributed by atoms with van der Waals surface area (Å²) in [6.45, 7) is 0.247. The van der Waals surface area contributed by atoms with Crippen molar-refractivity contribution in [2.24, 2.45) is 0 Å². The van der Waals surface area contributed by atoms with Crippen molar-refractivity contribution in [1.82, 2.24) is 4.31 Å². The second-order valence-electron chi connectivity index (χ2n) is 6.61. The van der Waals surface area contributed by atoms with Crippen molar-refractivity contribution in [1.29, 1.82) is 0 Å². The van der Waals surface area contributed by atoms with E-state index in [1.165, 1.54) is 22.5 Å². The van der Waals surface area contributed by atoms with E-state index in [0.29, 0.717) is 13.1 Å². The molecule has 2 aromatic carbocycles. The van der Waals surface area contributed by atoms with E-state index in [9.17, 15) is 26.4 Å². The van der Waals surface area contributed by atoms with E-state index in [1.807, 2.05) is 0 Å². The molecule has 0 unspecified atom stereocenters. The predicted molar refractivity (Wildman–Crippen MR) is 105 cm³/mol. The minimum Gasteiger partial charge on any atom is -0.482 e. The molecule has 3 rings (SSSR count). The first-order valence-corrected chi connectivity index (χ1v) is 10.8. The molecule has 1 saturated heterocycles. The van der Waals surface area contributed by atoms with Crippen molar-refractivity contribution in [3.63, 3.8) is 0 Å². The Morgan fingerprint density at radius 3 is 2.33 bits per heavy atom. The number of carbonyl (C=O) groups is 1. The van der Waals surface area contributed by atoms with E-state index < -0.39 is 34.3 Å². The molecule has 0 radical (unpaired) electrons. The van der Waals surface area contributed by atoms with Crippen molar-refractivity contribution in [3.8, 4) is 5.75 Å². The average Bonchev–Trinajstić information content (AvgIpc) is 3.22. The highest BCUT2D eigenvalue weighted by atomic mass is 35.5. The quantitative estimate of drug-likeness (QED) is 0.699. The summed E-state index contributed by atoms with van der Waals surface area (Å²) in [5, 5.41) is 2.60. The third-order valence-corrected chi connectivity index (χ3v) is 6.60. The lowest BCUT2D eigenvalue weighted by Gasteiger charge is -2.18. The van der Waals surface area contributed by atoms with Gasteiger partial charge in [0, 0.05) is 23.8 Å². The van der Waals surface area contributed by atoms with Crippen LogP contribution in [-0.4, -0.2) is 38.3 Å². The van der Waals surface area contributed by atoms with Gasteiger partial charge in [-0.25, -0.2) is 8.42 Å². The lowest BCUT2D eigenvalue weighted by molar-refractivity contribution is -0.137. The van der Waals surface area contributed by atoms with Gasteiger partial charge in [0.25, 0.3) is 5.91 Å². The first-order chi connectivity index (χ1) is 14.1. The van der Waals surface area contributed by atoms with Crippen molar-refractivity contribution in [2.75, 3.05) is 25.0 Å². The number of ether oxygens (including phenoxy) is 1. The Bertz CT molecular complexity index is 1020. The van der Waals surface area contributed by atoms with Gasteiger partial charge in [-0.15, -0.1) is 0 Å². The van der Waals surface area contributed by atoms with Gasteiger partial charge >= 0.3 is 6.18 Å². The number of hydrogen-bond acceptors (Lipinski definition) is 4. The number of halogens is 4. The van der Waals surface area contributed by atoms with E-state index in [4.69, 9.17) is 16.3 Å². The molecule has 2 aromatic rings. The molecule has 0 saturated carbocycles. The zero-order chi connectivity index (χ0) is 21.9. The molecule has 0 bridgehead atoms. The number of hydrogen-bond donors (Lipinski definition) is 1. The van der Waals surface area contributed by atoms with Crippen LogP contribution in [0.1, 0.15) is 18.4 Å². The maximum atomic E-state index is 12.9. The molecule has 0 aromatic heterocycles. The molecule has 1 N–H and O–H groups in total. The van der Waals surface area contributed by atoms with Gasteiger partial charge in [0.1, 0.15) is 10.6 Å². The fourth-order valence-electron chi connectivity index (χ4n) is 2.95. The summed E-state index contributed by atoms with van der Waals surface area (Å²) in [5.41, 5.74) is -0.688. The Kier molecular flexibility index (Phi) is 6.59. The number of alkyl halides is 3. The zero-order valence-electron chi connectivity index (χ0n) is 15.6. The van der Waals surface area contributed by atoms with Crippen LogP contribution in [0.25, 0.3) is 0 Å². The maximum Gasteiger partial charge on any atom is 0.416 e. The number of nitrogens with zero attached hydrogens (tertiary/aromatic N) is 1. The van der Waals surface area contributed by atoms with Crippen LogP contribution in [0, 0.1) is 0 Å². The summed E-state index contributed by atoms with van der Waals surface area (Å²) in [6.07, 6.45) is -2.96. The maximum absolute atomic E-state index is 12.9. The summed E-state index contributed by atoms with van der Waals surface area (Å²) < 4.78 is 70.2. The van der Waals surface area contributed by atoms with E-state index in [0.717, 1.165) is 37.1 Å². The molecule has 1 fully saturated rings. The highest BCUT2D eigenvalue weighted by Gasteiger charge is 2.31. The van der Waals surface area contributed by atoms with Crippen molar-refractivity contribution >= 4 is 33.2 Å². The first kappa shape index (κ1) is 22.4. The molecular formula is C19H18ClF3N2O4S. The standard InChI is InChI=1S/C19H18ClF3N2O4S/c20-14-5-8-16(17(11-14)30(27,28)25-9-1-2-10-25)29-12-18(26)24-15-6-3-13(4-7-15)19(21,22)23/h3-8,11H,1-2,9-10,12H2,(H,24,26). The third-order valence-electron chi connectivity index (χ3n) is 4.44. The van der Waals surface area contributed by atoms with E-state index >= 15 is 0 Å².